The van der Waals surface area contributed by atoms with Gasteiger partial charge in [0.25, 0.3) is 0 Å². The van der Waals surface area contributed by atoms with Gasteiger partial charge in [-0.25, -0.2) is 0 Å². The van der Waals surface area contributed by atoms with Gasteiger partial charge in [-0.3, -0.25) is 0 Å². The molecule has 0 unspecified atom stereocenters. The molecule has 7 heteroatoms. The van der Waals surface area contributed by atoms with E-state index < -0.39 is 0 Å². The molecule has 0 aromatic carbocycles. The van der Waals surface area contributed by atoms with Crippen LogP contribution in [0.4, 0.5) is 0 Å². The fourth-order valence-corrected chi connectivity index (χ4v) is 0. The Balaban J connectivity index is 0. The zero-order chi connectivity index (χ0) is 0. The third-order valence-corrected chi connectivity index (χ3v) is 0. The van der Waals surface area contributed by atoms with Crippen molar-refractivity contribution >= 4 is 0 Å². The van der Waals surface area contributed by atoms with Crippen molar-refractivity contribution < 1.29 is 160 Å². The molecule has 0 aliphatic rings. The number of hydrogen-bond acceptors (Lipinski definition) is 4. The van der Waals surface area contributed by atoms with Crippen LogP contribution < -0.4 is 116 Å². The predicted octanol–water partition coefficient (Wildman–Crippen LogP) is -6.70. The van der Waals surface area contributed by atoms with Gasteiger partial charge in [0.2, 0.25) is 0 Å². The Labute approximate surface area is 155 Å². The van der Waals surface area contributed by atoms with Gasteiger partial charge in [-0.15, -0.1) is 0 Å². The smallest absolute Gasteiger partial charge is 0.870 e. The van der Waals surface area contributed by atoms with E-state index in [0.29, 0.717) is 0 Å². The third-order valence-electron chi connectivity index (χ3n) is 0. The quantitative estimate of drug-likeness (QED) is 0.411. The van der Waals surface area contributed by atoms with Gasteiger partial charge in [0.1, 0.15) is 0 Å². The van der Waals surface area contributed by atoms with Gasteiger partial charge >= 0.3 is 116 Å². The predicted molar refractivity (Wildman–Crippen MR) is 7.74 cm³/mol. The summed E-state index contributed by atoms with van der Waals surface area (Å²) in [5, 5.41) is 0. The van der Waals surface area contributed by atoms with Gasteiger partial charge in [-0.2, -0.15) is 0 Å². The number of rotatable bonds is 0. The maximum Gasteiger partial charge on any atom is 1.00 e. The molecule has 0 aromatic heterocycles. The van der Waals surface area contributed by atoms with Crippen LogP contribution >= 0.6 is 0 Å². The summed E-state index contributed by atoms with van der Waals surface area (Å²) in [6.07, 6.45) is 0. The molecule has 0 saturated heterocycles. The molecule has 0 rings (SSSR count). The summed E-state index contributed by atoms with van der Waals surface area (Å²) in [6.45, 7) is 0. The average molecular weight is 287 g/mol. The first-order chi connectivity index (χ1) is 0. The summed E-state index contributed by atoms with van der Waals surface area (Å²) >= 11 is 0. The topological polar surface area (TPSA) is 120 Å². The van der Waals surface area contributed by atoms with E-state index in [0.717, 1.165) is 0 Å². The molecule has 0 aromatic rings. The van der Waals surface area contributed by atoms with Crippen molar-refractivity contribution in [2.75, 3.05) is 0 Å². The molecule has 0 aliphatic carbocycles. The van der Waals surface area contributed by atoms with Gasteiger partial charge in [0, 0.05) is 21.7 Å². The maximum atomic E-state index is 0. The summed E-state index contributed by atoms with van der Waals surface area (Å²) in [5.41, 5.74) is 0. The van der Waals surface area contributed by atoms with Crippen molar-refractivity contribution in [3.05, 3.63) is 0 Å². The van der Waals surface area contributed by atoms with Gasteiger partial charge in [-0.05, 0) is 0 Å². The number of hydrogen-bond donors (Lipinski definition) is 0. The molecule has 0 saturated carbocycles. The van der Waals surface area contributed by atoms with E-state index in [1.165, 1.54) is 0 Å². The molecular weight excluding hydrogens is 283 g/mol. The SMILES string of the molecule is [OH-].[OH-].[OH-].[OH-].[Rb+].[Rb+].[Ti]. The van der Waals surface area contributed by atoms with E-state index in [-0.39, 0.29) is 160 Å². The Morgan fingerprint density at radius 1 is 0.429 bits per heavy atom. The van der Waals surface area contributed by atoms with Crippen molar-refractivity contribution in [1.82, 2.24) is 0 Å². The maximum absolute atomic E-state index is 0. The van der Waals surface area contributed by atoms with Crippen LogP contribution in [0.15, 0.2) is 0 Å². The first-order valence-electron chi connectivity index (χ1n) is 0. The second kappa shape index (κ2) is 49.2. The van der Waals surface area contributed by atoms with Crippen LogP contribution in [0.3, 0.4) is 0 Å². The monoisotopic (exact) mass is 286 g/mol. The summed E-state index contributed by atoms with van der Waals surface area (Å²) in [5.74, 6) is 0. The van der Waals surface area contributed by atoms with E-state index in [4.69, 9.17) is 0 Å². The Bertz CT molecular complexity index is 9.65. The molecule has 0 bridgehead atoms. The molecule has 0 aliphatic heterocycles. The minimum atomic E-state index is 0. The largest absolute Gasteiger partial charge is 1.00 e. The van der Waals surface area contributed by atoms with Gasteiger partial charge in [0.05, 0.1) is 0 Å². The van der Waals surface area contributed by atoms with Crippen LogP contribution in [-0.4, -0.2) is 21.9 Å². The third kappa shape index (κ3) is 39.1. The van der Waals surface area contributed by atoms with Crippen LogP contribution in [0.25, 0.3) is 0 Å². The fraction of sp³-hybridized carbons (Fsp3) is 0. The Morgan fingerprint density at radius 3 is 0.429 bits per heavy atom. The molecule has 0 heterocycles. The van der Waals surface area contributed by atoms with Crippen LogP contribution in [0, 0.1) is 0 Å². The molecule has 0 amide bonds. The Morgan fingerprint density at radius 2 is 0.429 bits per heavy atom. The first kappa shape index (κ1) is 66.5. The van der Waals surface area contributed by atoms with Crippen molar-refractivity contribution in [2.45, 2.75) is 0 Å². The summed E-state index contributed by atoms with van der Waals surface area (Å²) in [6, 6.07) is 0. The molecule has 0 atom stereocenters. The van der Waals surface area contributed by atoms with Crippen LogP contribution in [-0.2, 0) is 21.7 Å². The summed E-state index contributed by atoms with van der Waals surface area (Å²) in [4.78, 5) is 0. The van der Waals surface area contributed by atoms with Gasteiger partial charge < -0.3 is 21.9 Å². The van der Waals surface area contributed by atoms with Crippen molar-refractivity contribution in [3.63, 3.8) is 0 Å². The minimum absolute atomic E-state index is 0. The van der Waals surface area contributed by atoms with E-state index in [1.807, 2.05) is 0 Å². The zero-order valence-electron chi connectivity index (χ0n) is 4.29. The Hall–Kier alpha value is 4.16. The Kier molecular flexibility index (Phi) is 468. The van der Waals surface area contributed by atoms with Crippen molar-refractivity contribution in [2.24, 2.45) is 0 Å². The molecule has 4 N–H and O–H groups in total. The second-order valence-corrected chi connectivity index (χ2v) is 0. The second-order valence-electron chi connectivity index (χ2n) is 0. The van der Waals surface area contributed by atoms with Crippen LogP contribution in [0.2, 0.25) is 0 Å². The molecule has 36 valence electrons. The van der Waals surface area contributed by atoms with E-state index >= 15 is 0 Å². The molecule has 4 nitrogen and oxygen atoms in total. The van der Waals surface area contributed by atoms with Crippen LogP contribution in [0.1, 0.15) is 0 Å². The summed E-state index contributed by atoms with van der Waals surface area (Å²) in [7, 11) is 0. The summed E-state index contributed by atoms with van der Waals surface area (Å²) < 4.78 is 0. The molecule has 0 fully saturated rings. The van der Waals surface area contributed by atoms with Crippen molar-refractivity contribution in [3.8, 4) is 0 Å². The molecule has 0 spiro atoms. The van der Waals surface area contributed by atoms with E-state index in [2.05, 4.69) is 0 Å². The standard InChI is InChI=1S/4H2O.2Rb.Ti/h4*1H2;;;/q;;;;2*+1;/p-4. The molecule has 0 radical (unpaired) electrons. The molecular formula is H4O4Rb2Ti-2. The van der Waals surface area contributed by atoms with Crippen molar-refractivity contribution in [1.29, 1.82) is 0 Å². The molecule has 7 heavy (non-hydrogen) atoms. The normalized spacial score (nSPS) is 0. The first-order valence-corrected chi connectivity index (χ1v) is 0. The van der Waals surface area contributed by atoms with E-state index in [1.54, 1.807) is 0 Å². The van der Waals surface area contributed by atoms with Gasteiger partial charge in [0.15, 0.2) is 0 Å². The average Bonchev–Trinajstić information content (AvgIpc) is 0. The van der Waals surface area contributed by atoms with Crippen LogP contribution in [0.5, 0.6) is 0 Å². The minimum Gasteiger partial charge on any atom is -0.870 e. The fourth-order valence-electron chi connectivity index (χ4n) is 0. The van der Waals surface area contributed by atoms with E-state index in [9.17, 15) is 0 Å². The van der Waals surface area contributed by atoms with Gasteiger partial charge in [-0.1, -0.05) is 0 Å². The zero-order valence-corrected chi connectivity index (χ0v) is 15.7.